The number of anilines is 1. The fourth-order valence-electron chi connectivity index (χ4n) is 4.10. The van der Waals surface area contributed by atoms with E-state index >= 15 is 0 Å². The van der Waals surface area contributed by atoms with Gasteiger partial charge in [0, 0.05) is 23.0 Å². The first-order valence-corrected chi connectivity index (χ1v) is 10.0. The highest BCUT2D eigenvalue weighted by Gasteiger charge is 2.30. The number of hydrogen-bond donors (Lipinski definition) is 0. The van der Waals surface area contributed by atoms with Crippen LogP contribution in [-0.2, 0) is 5.54 Å². The van der Waals surface area contributed by atoms with Crippen molar-refractivity contribution in [3.8, 4) is 6.07 Å². The van der Waals surface area contributed by atoms with Crippen LogP contribution in [0, 0.1) is 17.1 Å². The SMILES string of the molecule is CC(C)(c1ccc(C2=NCN(c3ccc(F)cc3)C=C2C#N)cc1)N1CCCC1. The zero-order valence-electron chi connectivity index (χ0n) is 16.9. The lowest BCUT2D eigenvalue weighted by Gasteiger charge is -2.36. The van der Waals surface area contributed by atoms with Crippen molar-refractivity contribution in [1.82, 2.24) is 4.90 Å². The van der Waals surface area contributed by atoms with Crippen LogP contribution >= 0.6 is 0 Å². The average molecular weight is 388 g/mol. The molecule has 29 heavy (non-hydrogen) atoms. The molecule has 0 unspecified atom stereocenters. The Labute approximate surface area is 171 Å². The van der Waals surface area contributed by atoms with Gasteiger partial charge in [-0.25, -0.2) is 4.39 Å². The summed E-state index contributed by atoms with van der Waals surface area (Å²) in [6, 6.07) is 16.9. The maximum absolute atomic E-state index is 13.2. The lowest BCUT2D eigenvalue weighted by molar-refractivity contribution is 0.155. The highest BCUT2D eigenvalue weighted by molar-refractivity contribution is 6.15. The van der Waals surface area contributed by atoms with E-state index in [1.54, 1.807) is 18.3 Å². The highest BCUT2D eigenvalue weighted by atomic mass is 19.1. The number of halogens is 1. The van der Waals surface area contributed by atoms with Gasteiger partial charge in [0.25, 0.3) is 0 Å². The summed E-state index contributed by atoms with van der Waals surface area (Å²) in [4.78, 5) is 9.03. The maximum Gasteiger partial charge on any atom is 0.123 e. The van der Waals surface area contributed by atoms with Crippen molar-refractivity contribution in [3.63, 3.8) is 0 Å². The number of nitriles is 1. The summed E-state index contributed by atoms with van der Waals surface area (Å²) < 4.78 is 13.2. The molecule has 2 aromatic rings. The van der Waals surface area contributed by atoms with Gasteiger partial charge in [0.1, 0.15) is 18.6 Å². The van der Waals surface area contributed by atoms with E-state index in [1.807, 2.05) is 4.90 Å². The minimum Gasteiger partial charge on any atom is -0.327 e. The van der Waals surface area contributed by atoms with Crippen molar-refractivity contribution in [2.24, 2.45) is 4.99 Å². The molecule has 0 N–H and O–H groups in total. The molecule has 0 amide bonds. The second-order valence-corrected chi connectivity index (χ2v) is 8.08. The molecule has 0 aromatic heterocycles. The third kappa shape index (κ3) is 3.81. The van der Waals surface area contributed by atoms with Crippen LogP contribution in [0.3, 0.4) is 0 Å². The topological polar surface area (TPSA) is 42.6 Å². The largest absolute Gasteiger partial charge is 0.327 e. The highest BCUT2D eigenvalue weighted by Crippen LogP contribution is 2.31. The predicted octanol–water partition coefficient (Wildman–Crippen LogP) is 4.83. The molecule has 0 aliphatic carbocycles. The smallest absolute Gasteiger partial charge is 0.123 e. The lowest BCUT2D eigenvalue weighted by atomic mass is 9.90. The normalized spacial score (nSPS) is 17.7. The molecule has 2 heterocycles. The number of benzene rings is 2. The van der Waals surface area contributed by atoms with Gasteiger partial charge in [-0.15, -0.1) is 0 Å². The molecule has 0 bridgehead atoms. The number of nitrogens with zero attached hydrogens (tertiary/aromatic N) is 4. The summed E-state index contributed by atoms with van der Waals surface area (Å²) in [7, 11) is 0. The minimum absolute atomic E-state index is 0.00329. The summed E-state index contributed by atoms with van der Waals surface area (Å²) in [5, 5.41) is 9.67. The van der Waals surface area contributed by atoms with Crippen molar-refractivity contribution in [2.45, 2.75) is 32.2 Å². The fourth-order valence-corrected chi connectivity index (χ4v) is 4.10. The standard InChI is InChI=1S/C24H25FN4/c1-24(2,29-13-3-4-14-29)20-7-5-18(6-8-20)23-19(15-26)16-28(17-27-23)22-11-9-21(25)10-12-22/h5-12,16H,3-4,13-14,17H2,1-2H3. The van der Waals surface area contributed by atoms with E-state index in [0.717, 1.165) is 24.3 Å². The summed E-state index contributed by atoms with van der Waals surface area (Å²) in [5.74, 6) is -0.281. The third-order valence-corrected chi connectivity index (χ3v) is 5.96. The molecule has 1 saturated heterocycles. The quantitative estimate of drug-likeness (QED) is 0.753. The van der Waals surface area contributed by atoms with Crippen LogP contribution in [0.1, 0.15) is 37.8 Å². The zero-order chi connectivity index (χ0) is 20.4. The number of likely N-dealkylation sites (tertiary alicyclic amines) is 1. The molecular formula is C24H25FN4. The van der Waals surface area contributed by atoms with E-state index < -0.39 is 0 Å². The average Bonchev–Trinajstić information content (AvgIpc) is 3.30. The minimum atomic E-state index is -0.281. The zero-order valence-corrected chi connectivity index (χ0v) is 16.9. The second-order valence-electron chi connectivity index (χ2n) is 8.08. The van der Waals surface area contributed by atoms with Crippen molar-refractivity contribution in [3.05, 3.63) is 77.2 Å². The van der Waals surface area contributed by atoms with Crippen LogP contribution < -0.4 is 4.90 Å². The Morgan fingerprint density at radius 2 is 1.66 bits per heavy atom. The van der Waals surface area contributed by atoms with Crippen molar-refractivity contribution in [2.75, 3.05) is 24.7 Å². The van der Waals surface area contributed by atoms with E-state index in [2.05, 4.69) is 54.1 Å². The van der Waals surface area contributed by atoms with Gasteiger partial charge < -0.3 is 4.90 Å². The van der Waals surface area contributed by atoms with Gasteiger partial charge in [-0.2, -0.15) is 5.26 Å². The Hall–Kier alpha value is -2.97. The molecule has 1 fully saturated rings. The Morgan fingerprint density at radius 1 is 1.00 bits per heavy atom. The molecule has 2 aromatic carbocycles. The summed E-state index contributed by atoms with van der Waals surface area (Å²) >= 11 is 0. The van der Waals surface area contributed by atoms with Crippen LogP contribution in [0.25, 0.3) is 0 Å². The van der Waals surface area contributed by atoms with Crippen molar-refractivity contribution in [1.29, 1.82) is 5.26 Å². The van der Waals surface area contributed by atoms with Crippen molar-refractivity contribution < 1.29 is 4.39 Å². The summed E-state index contributed by atoms with van der Waals surface area (Å²) in [6.07, 6.45) is 4.32. The molecule has 2 aliphatic heterocycles. The number of hydrogen-bond acceptors (Lipinski definition) is 4. The molecule has 2 aliphatic rings. The van der Waals surface area contributed by atoms with E-state index in [0.29, 0.717) is 18.0 Å². The van der Waals surface area contributed by atoms with Crippen LogP contribution in [0.15, 0.2) is 65.3 Å². The van der Waals surface area contributed by atoms with Gasteiger partial charge in [0.15, 0.2) is 0 Å². The molecule has 4 rings (SSSR count). The summed E-state index contributed by atoms with van der Waals surface area (Å²) in [5.41, 5.74) is 4.23. The van der Waals surface area contributed by atoms with E-state index in [9.17, 15) is 9.65 Å². The van der Waals surface area contributed by atoms with Gasteiger partial charge in [-0.1, -0.05) is 24.3 Å². The fraction of sp³-hybridized carbons (Fsp3) is 0.333. The second kappa shape index (κ2) is 7.81. The number of aliphatic imine (C=N–C) groups is 1. The van der Waals surface area contributed by atoms with Gasteiger partial charge in [-0.05, 0) is 69.6 Å². The van der Waals surface area contributed by atoms with Gasteiger partial charge in [0.05, 0.1) is 11.3 Å². The van der Waals surface area contributed by atoms with Crippen LogP contribution in [0.4, 0.5) is 10.1 Å². The maximum atomic E-state index is 13.2. The Kier molecular flexibility index (Phi) is 5.21. The van der Waals surface area contributed by atoms with E-state index in [4.69, 9.17) is 0 Å². The lowest BCUT2D eigenvalue weighted by Crippen LogP contribution is -2.39. The van der Waals surface area contributed by atoms with E-state index in [1.165, 1.54) is 30.5 Å². The first kappa shape index (κ1) is 19.4. The number of allylic oxidation sites excluding steroid dienone is 1. The molecule has 4 nitrogen and oxygen atoms in total. The van der Waals surface area contributed by atoms with Gasteiger partial charge >= 0.3 is 0 Å². The Morgan fingerprint density at radius 3 is 2.28 bits per heavy atom. The Balaban J connectivity index is 1.56. The van der Waals surface area contributed by atoms with Gasteiger partial charge in [-0.3, -0.25) is 9.89 Å². The molecule has 5 heteroatoms. The van der Waals surface area contributed by atoms with Gasteiger partial charge in [0.2, 0.25) is 0 Å². The van der Waals surface area contributed by atoms with E-state index in [-0.39, 0.29) is 11.4 Å². The first-order chi connectivity index (χ1) is 14.0. The molecule has 0 saturated carbocycles. The third-order valence-electron chi connectivity index (χ3n) is 5.96. The summed E-state index contributed by atoms with van der Waals surface area (Å²) in [6.45, 7) is 7.22. The molecular weight excluding hydrogens is 363 g/mol. The molecule has 148 valence electrons. The van der Waals surface area contributed by atoms with Crippen LogP contribution in [0.2, 0.25) is 0 Å². The molecule has 0 spiro atoms. The molecule has 0 radical (unpaired) electrons. The Bertz CT molecular complexity index is 975. The van der Waals surface area contributed by atoms with Crippen molar-refractivity contribution >= 4 is 11.4 Å². The number of rotatable bonds is 4. The van der Waals surface area contributed by atoms with Crippen LogP contribution in [-0.4, -0.2) is 30.4 Å². The predicted molar refractivity (Wildman–Crippen MR) is 114 cm³/mol. The molecule has 0 atom stereocenters. The monoisotopic (exact) mass is 388 g/mol. The van der Waals surface area contributed by atoms with Crippen LogP contribution in [0.5, 0.6) is 0 Å². The first-order valence-electron chi connectivity index (χ1n) is 10.0.